The van der Waals surface area contributed by atoms with E-state index < -0.39 is 11.9 Å². The molecule has 0 aromatic carbocycles. The highest BCUT2D eigenvalue weighted by Gasteiger charge is 2.21. The highest BCUT2D eigenvalue weighted by atomic mass is 16.6. The van der Waals surface area contributed by atoms with E-state index in [1.165, 1.54) is 10.7 Å². The zero-order valence-corrected chi connectivity index (χ0v) is 14.9. The topological polar surface area (TPSA) is 149 Å². The van der Waals surface area contributed by atoms with Crippen molar-refractivity contribution in [3.63, 3.8) is 0 Å². The van der Waals surface area contributed by atoms with Gasteiger partial charge in [0, 0.05) is 19.3 Å². The number of carbonyl (C=O) groups is 2. The zero-order valence-electron chi connectivity index (χ0n) is 14.9. The first-order valence-electron chi connectivity index (χ1n) is 7.46. The number of hydrogen-bond donors (Lipinski definition) is 3. The molecule has 4 N–H and O–H groups in total. The van der Waals surface area contributed by atoms with Crippen molar-refractivity contribution >= 4 is 18.3 Å². The molecule has 142 valence electrons. The molecule has 0 atom stereocenters. The second kappa shape index (κ2) is 15.8. The van der Waals surface area contributed by atoms with Gasteiger partial charge in [0.1, 0.15) is 6.26 Å². The molecule has 1 aromatic rings. The molecular formula is C15H26N4O6. The van der Waals surface area contributed by atoms with Gasteiger partial charge in [0.05, 0.1) is 26.2 Å². The number of rotatable bonds is 6. The highest BCUT2D eigenvalue weighted by molar-refractivity contribution is 6.13. The molecule has 0 bridgehead atoms. The third kappa shape index (κ3) is 12.1. The van der Waals surface area contributed by atoms with Gasteiger partial charge in [-0.3, -0.25) is 14.9 Å². The summed E-state index contributed by atoms with van der Waals surface area (Å²) in [7, 11) is 1.67. The molecule has 0 saturated carbocycles. The first kappa shape index (κ1) is 24.2. The fourth-order valence-electron chi connectivity index (χ4n) is 1.16. The van der Waals surface area contributed by atoms with Crippen LogP contribution >= 0.6 is 0 Å². The van der Waals surface area contributed by atoms with E-state index in [0.717, 1.165) is 12.6 Å². The summed E-state index contributed by atoms with van der Waals surface area (Å²) in [6.07, 6.45) is 3.42. The summed E-state index contributed by atoms with van der Waals surface area (Å²) < 4.78 is 15.6. The lowest BCUT2D eigenvalue weighted by molar-refractivity contribution is -0.146. The molecule has 0 aliphatic carbocycles. The smallest absolute Gasteiger partial charge is 0.348 e. The zero-order chi connectivity index (χ0) is 19.7. The van der Waals surface area contributed by atoms with Crippen LogP contribution < -0.4 is 11.3 Å². The van der Waals surface area contributed by atoms with Crippen molar-refractivity contribution in [2.75, 3.05) is 19.8 Å². The van der Waals surface area contributed by atoms with E-state index in [1.807, 2.05) is 0 Å². The minimum absolute atomic E-state index is 0.000000000000000222. The third-order valence-corrected chi connectivity index (χ3v) is 2.18. The molecule has 0 aliphatic heterocycles. The minimum atomic E-state index is -0.732. The molecule has 0 amide bonds. The third-order valence-electron chi connectivity index (χ3n) is 2.18. The second-order valence-electron chi connectivity index (χ2n) is 3.95. The Morgan fingerprint density at radius 2 is 1.68 bits per heavy atom. The minimum Gasteiger partial charge on any atom is -0.500 e. The summed E-state index contributed by atoms with van der Waals surface area (Å²) in [5.74, 6) is -1.46. The second-order valence-corrected chi connectivity index (χ2v) is 3.95. The molecular weight excluding hydrogens is 332 g/mol. The van der Waals surface area contributed by atoms with Gasteiger partial charge in [0.2, 0.25) is 0 Å². The molecule has 0 radical (unpaired) electrons. The van der Waals surface area contributed by atoms with Gasteiger partial charge < -0.3 is 25.0 Å². The Bertz CT molecular complexity index is 571. The summed E-state index contributed by atoms with van der Waals surface area (Å²) in [5, 5.41) is 8.53. The average molecular weight is 358 g/mol. The van der Waals surface area contributed by atoms with E-state index in [1.54, 1.807) is 34.0 Å². The van der Waals surface area contributed by atoms with Crippen molar-refractivity contribution in [3.8, 4) is 0 Å². The molecule has 0 saturated heterocycles. The maximum Gasteiger partial charge on any atom is 0.348 e. The average Bonchev–Trinajstić information content (AvgIpc) is 2.93. The first-order chi connectivity index (χ1) is 11.9. The number of aryl methyl sites for hydroxylation is 1. The molecule has 0 unspecified atom stereocenters. The van der Waals surface area contributed by atoms with Crippen molar-refractivity contribution in [1.29, 1.82) is 5.41 Å². The van der Waals surface area contributed by atoms with Gasteiger partial charge in [-0.1, -0.05) is 0 Å². The van der Waals surface area contributed by atoms with Gasteiger partial charge in [-0.05, 0) is 20.8 Å². The Morgan fingerprint density at radius 3 is 1.92 bits per heavy atom. The van der Waals surface area contributed by atoms with Gasteiger partial charge in [0.25, 0.3) is 5.56 Å². The van der Waals surface area contributed by atoms with E-state index in [0.29, 0.717) is 6.61 Å². The van der Waals surface area contributed by atoms with Crippen LogP contribution in [-0.2, 0) is 30.8 Å². The van der Waals surface area contributed by atoms with Crippen molar-refractivity contribution in [2.45, 2.75) is 20.8 Å². The summed E-state index contributed by atoms with van der Waals surface area (Å²) in [4.78, 5) is 32.9. The van der Waals surface area contributed by atoms with Crippen molar-refractivity contribution < 1.29 is 23.8 Å². The number of esters is 2. The number of carbonyl (C=O) groups excluding carboxylic acids is 2. The van der Waals surface area contributed by atoms with E-state index in [2.05, 4.69) is 20.3 Å². The van der Waals surface area contributed by atoms with Crippen molar-refractivity contribution in [3.05, 3.63) is 34.5 Å². The standard InChI is InChI=1S/C10H16O5.C4H6N2O.CH4N2/c1-4-13-7-8(9(11)14-5-2)10(12)15-6-3;1-6-4(7)2-3-5-6;2-1-3/h7H,4-6H2,1-3H3;2-3,5H,1H3;1H,(H3,2,3). The monoisotopic (exact) mass is 358 g/mol. The lowest BCUT2D eigenvalue weighted by Crippen LogP contribution is -2.18. The van der Waals surface area contributed by atoms with Crippen LogP contribution in [0.5, 0.6) is 0 Å². The number of nitrogens with one attached hydrogen (secondary N) is 2. The molecule has 1 aromatic heterocycles. The lowest BCUT2D eigenvalue weighted by Gasteiger charge is -2.06. The Labute approximate surface area is 146 Å². The fourth-order valence-corrected chi connectivity index (χ4v) is 1.16. The Balaban J connectivity index is 0. The van der Waals surface area contributed by atoms with Gasteiger partial charge in [-0.25, -0.2) is 9.59 Å². The molecule has 25 heavy (non-hydrogen) atoms. The van der Waals surface area contributed by atoms with E-state index in [-0.39, 0.29) is 24.3 Å². The van der Waals surface area contributed by atoms with Crippen LogP contribution in [-0.4, -0.2) is 47.9 Å². The maximum atomic E-state index is 11.3. The Kier molecular flexibility index (Phi) is 15.3. The van der Waals surface area contributed by atoms with Crippen LogP contribution in [0.4, 0.5) is 0 Å². The van der Waals surface area contributed by atoms with Gasteiger partial charge in [0.15, 0.2) is 5.57 Å². The predicted octanol–water partition coefficient (Wildman–Crippen LogP) is 0.299. The SMILES string of the molecule is CCOC=C(C(=O)OCC)C(=O)OCC.Cn1[nH]ccc1=O.N=CN. The summed E-state index contributed by atoms with van der Waals surface area (Å²) in [6.45, 7) is 5.80. The quantitative estimate of drug-likeness (QED) is 0.126. The largest absolute Gasteiger partial charge is 0.500 e. The van der Waals surface area contributed by atoms with Crippen LogP contribution in [0.15, 0.2) is 28.9 Å². The summed E-state index contributed by atoms with van der Waals surface area (Å²) >= 11 is 0. The first-order valence-corrected chi connectivity index (χ1v) is 7.46. The fraction of sp³-hybridized carbons (Fsp3) is 0.467. The van der Waals surface area contributed by atoms with Crippen LogP contribution in [0.2, 0.25) is 0 Å². The number of aromatic nitrogens is 2. The molecule has 0 fully saturated rings. The number of nitrogens with two attached hydrogens (primary N) is 1. The highest BCUT2D eigenvalue weighted by Crippen LogP contribution is 2.02. The number of ether oxygens (including phenoxy) is 3. The van der Waals surface area contributed by atoms with Gasteiger partial charge >= 0.3 is 11.9 Å². The van der Waals surface area contributed by atoms with E-state index in [9.17, 15) is 14.4 Å². The molecule has 0 aliphatic rings. The van der Waals surface area contributed by atoms with E-state index in [4.69, 9.17) is 10.1 Å². The normalized spacial score (nSPS) is 8.48. The summed E-state index contributed by atoms with van der Waals surface area (Å²) in [5.41, 5.74) is 4.17. The molecule has 1 heterocycles. The van der Waals surface area contributed by atoms with E-state index >= 15 is 0 Å². The number of aromatic amines is 1. The van der Waals surface area contributed by atoms with Gasteiger partial charge in [-0.2, -0.15) is 0 Å². The molecule has 0 spiro atoms. The van der Waals surface area contributed by atoms with Crippen molar-refractivity contribution in [2.24, 2.45) is 12.8 Å². The Morgan fingerprint density at radius 1 is 1.20 bits per heavy atom. The molecule has 10 heteroatoms. The van der Waals surface area contributed by atoms with Crippen LogP contribution in [0.1, 0.15) is 20.8 Å². The van der Waals surface area contributed by atoms with Crippen LogP contribution in [0.25, 0.3) is 0 Å². The molecule has 10 nitrogen and oxygen atoms in total. The number of hydrogen-bond acceptors (Lipinski definition) is 7. The Hall–Kier alpha value is -3.04. The molecule has 1 rings (SSSR count). The maximum absolute atomic E-state index is 11.3. The van der Waals surface area contributed by atoms with Crippen molar-refractivity contribution in [1.82, 2.24) is 9.78 Å². The van der Waals surface area contributed by atoms with Crippen LogP contribution in [0, 0.1) is 5.41 Å². The predicted molar refractivity (Wildman–Crippen MR) is 92.0 cm³/mol. The number of nitrogens with zero attached hydrogens (tertiary/aromatic N) is 1. The number of H-pyrrole nitrogens is 1. The van der Waals surface area contributed by atoms with Gasteiger partial charge in [-0.15, -0.1) is 0 Å². The summed E-state index contributed by atoms with van der Waals surface area (Å²) in [6, 6.07) is 1.47. The lowest BCUT2D eigenvalue weighted by atomic mass is 10.3. The van der Waals surface area contributed by atoms with Crippen LogP contribution in [0.3, 0.4) is 0 Å².